The number of ether oxygens (including phenoxy) is 2. The Hall–Kier alpha value is -2.17. The van der Waals surface area contributed by atoms with E-state index in [4.69, 9.17) is 9.47 Å². The Balaban J connectivity index is 2.93. The molecule has 0 unspecified atom stereocenters. The van der Waals surface area contributed by atoms with Gasteiger partial charge in [-0.2, -0.15) is 0 Å². The van der Waals surface area contributed by atoms with Crippen molar-refractivity contribution in [2.45, 2.75) is 6.54 Å². The van der Waals surface area contributed by atoms with Crippen LogP contribution in [0, 0.1) is 0 Å². The van der Waals surface area contributed by atoms with Crippen LogP contribution in [0.1, 0.15) is 5.56 Å². The molecule has 1 aromatic rings. The van der Waals surface area contributed by atoms with Crippen LogP contribution in [0.3, 0.4) is 0 Å². The molecule has 0 saturated heterocycles. The molecule has 5 nitrogen and oxygen atoms in total. The molecule has 1 rings (SSSR count). The molecule has 0 aliphatic carbocycles. The number of carbonyl (C=O) groups excluding carboxylic acids is 1. The highest BCUT2D eigenvalue weighted by molar-refractivity contribution is 5.74. The zero-order valence-corrected chi connectivity index (χ0v) is 12.5. The van der Waals surface area contributed by atoms with Gasteiger partial charge >= 0.3 is 6.03 Å². The average Bonchev–Trinajstić information content (AvgIpc) is 2.45. The number of hydrogen-bond acceptors (Lipinski definition) is 3. The molecule has 110 valence electrons. The Morgan fingerprint density at radius 3 is 2.40 bits per heavy atom. The van der Waals surface area contributed by atoms with Gasteiger partial charge in [0.15, 0.2) is 11.5 Å². The van der Waals surface area contributed by atoms with Crippen LogP contribution in [0.25, 0.3) is 0 Å². The second-order valence-electron chi connectivity index (χ2n) is 4.54. The second-order valence-corrected chi connectivity index (χ2v) is 4.54. The molecule has 0 fully saturated rings. The van der Waals surface area contributed by atoms with Gasteiger partial charge in [0.2, 0.25) is 0 Å². The van der Waals surface area contributed by atoms with E-state index in [1.807, 2.05) is 18.2 Å². The molecule has 0 spiro atoms. The fourth-order valence-electron chi connectivity index (χ4n) is 1.85. The summed E-state index contributed by atoms with van der Waals surface area (Å²) in [5.41, 5.74) is 0.972. The summed E-state index contributed by atoms with van der Waals surface area (Å²) in [6.07, 6.45) is 1.71. The first kappa shape index (κ1) is 15.9. The van der Waals surface area contributed by atoms with E-state index in [0.717, 1.165) is 5.56 Å². The lowest BCUT2D eigenvalue weighted by Gasteiger charge is -2.25. The molecule has 0 atom stereocenters. The van der Waals surface area contributed by atoms with Gasteiger partial charge in [-0.1, -0.05) is 12.1 Å². The van der Waals surface area contributed by atoms with Crippen molar-refractivity contribution in [3.05, 3.63) is 36.4 Å². The average molecular weight is 278 g/mol. The summed E-state index contributed by atoms with van der Waals surface area (Å²) in [5, 5.41) is 0. The molecular formula is C15H22N2O3. The molecule has 0 aliphatic rings. The number of benzene rings is 1. The number of methoxy groups -OCH3 is 2. The molecule has 0 saturated carbocycles. The second kappa shape index (κ2) is 7.43. The number of amides is 2. The van der Waals surface area contributed by atoms with Gasteiger partial charge in [-0.15, -0.1) is 6.58 Å². The van der Waals surface area contributed by atoms with Crippen LogP contribution in [0.5, 0.6) is 11.5 Å². The van der Waals surface area contributed by atoms with E-state index in [1.165, 1.54) is 0 Å². The molecule has 0 aromatic heterocycles. The largest absolute Gasteiger partial charge is 0.493 e. The SMILES string of the molecule is C=CCN(Cc1ccc(OC)c(OC)c1)C(=O)N(C)C. The van der Waals surface area contributed by atoms with Gasteiger partial charge in [0.1, 0.15) is 0 Å². The Kier molecular flexibility index (Phi) is 5.90. The topological polar surface area (TPSA) is 42.0 Å². The van der Waals surface area contributed by atoms with Crippen molar-refractivity contribution in [1.82, 2.24) is 9.80 Å². The monoisotopic (exact) mass is 278 g/mol. The minimum Gasteiger partial charge on any atom is -0.493 e. The van der Waals surface area contributed by atoms with E-state index in [1.54, 1.807) is 44.2 Å². The Morgan fingerprint density at radius 1 is 1.25 bits per heavy atom. The van der Waals surface area contributed by atoms with E-state index in [0.29, 0.717) is 24.6 Å². The Bertz CT molecular complexity index is 472. The normalized spacial score (nSPS) is 9.80. The highest BCUT2D eigenvalue weighted by atomic mass is 16.5. The summed E-state index contributed by atoms with van der Waals surface area (Å²) in [6, 6.07) is 5.57. The fourth-order valence-corrected chi connectivity index (χ4v) is 1.85. The predicted octanol–water partition coefficient (Wildman–Crippen LogP) is 2.37. The van der Waals surface area contributed by atoms with Crippen molar-refractivity contribution in [2.24, 2.45) is 0 Å². The molecular weight excluding hydrogens is 256 g/mol. The van der Waals surface area contributed by atoms with Gasteiger partial charge in [-0.25, -0.2) is 4.79 Å². The van der Waals surface area contributed by atoms with Gasteiger partial charge < -0.3 is 19.3 Å². The zero-order valence-electron chi connectivity index (χ0n) is 12.5. The van der Waals surface area contributed by atoms with Crippen LogP contribution in [0.4, 0.5) is 4.79 Å². The van der Waals surface area contributed by atoms with E-state index in [2.05, 4.69) is 6.58 Å². The molecule has 0 aliphatic heterocycles. The predicted molar refractivity (Wildman–Crippen MR) is 79.2 cm³/mol. The van der Waals surface area contributed by atoms with E-state index < -0.39 is 0 Å². The van der Waals surface area contributed by atoms with Gasteiger partial charge in [0, 0.05) is 27.2 Å². The first-order valence-electron chi connectivity index (χ1n) is 6.31. The summed E-state index contributed by atoms with van der Waals surface area (Å²) in [6.45, 7) is 4.67. The summed E-state index contributed by atoms with van der Waals surface area (Å²) in [7, 11) is 6.64. The smallest absolute Gasteiger partial charge is 0.320 e. The summed E-state index contributed by atoms with van der Waals surface area (Å²) in [5.74, 6) is 1.33. The minimum absolute atomic E-state index is 0.0558. The van der Waals surface area contributed by atoms with Gasteiger partial charge in [0.25, 0.3) is 0 Å². The molecule has 0 heterocycles. The van der Waals surface area contributed by atoms with Crippen molar-refractivity contribution >= 4 is 6.03 Å². The highest BCUT2D eigenvalue weighted by Gasteiger charge is 2.15. The third-order valence-corrected chi connectivity index (χ3v) is 2.82. The third-order valence-electron chi connectivity index (χ3n) is 2.82. The van der Waals surface area contributed by atoms with Crippen LogP contribution < -0.4 is 9.47 Å². The van der Waals surface area contributed by atoms with E-state index >= 15 is 0 Å². The lowest BCUT2D eigenvalue weighted by atomic mass is 10.2. The maximum Gasteiger partial charge on any atom is 0.320 e. The molecule has 2 amide bonds. The molecule has 1 aromatic carbocycles. The lowest BCUT2D eigenvalue weighted by Crippen LogP contribution is -2.38. The number of nitrogens with zero attached hydrogens (tertiary/aromatic N) is 2. The highest BCUT2D eigenvalue weighted by Crippen LogP contribution is 2.28. The van der Waals surface area contributed by atoms with E-state index in [9.17, 15) is 4.79 Å². The van der Waals surface area contributed by atoms with Crippen molar-refractivity contribution in [3.8, 4) is 11.5 Å². The molecule has 0 radical (unpaired) electrons. The molecule has 5 heteroatoms. The van der Waals surface area contributed by atoms with Crippen molar-refractivity contribution < 1.29 is 14.3 Å². The van der Waals surface area contributed by atoms with Gasteiger partial charge in [-0.3, -0.25) is 0 Å². The zero-order chi connectivity index (χ0) is 15.1. The first-order valence-corrected chi connectivity index (χ1v) is 6.31. The van der Waals surface area contributed by atoms with Gasteiger partial charge in [0.05, 0.1) is 14.2 Å². The van der Waals surface area contributed by atoms with Crippen LogP contribution in [0.15, 0.2) is 30.9 Å². The Morgan fingerprint density at radius 2 is 1.90 bits per heavy atom. The third kappa shape index (κ3) is 3.91. The molecule has 0 bridgehead atoms. The Labute approximate surface area is 120 Å². The van der Waals surface area contributed by atoms with Crippen molar-refractivity contribution in [2.75, 3.05) is 34.9 Å². The summed E-state index contributed by atoms with van der Waals surface area (Å²) in [4.78, 5) is 15.3. The molecule has 20 heavy (non-hydrogen) atoms. The standard InChI is InChI=1S/C15H22N2O3/c1-6-9-17(15(18)16(2)3)11-12-7-8-13(19-4)14(10-12)20-5/h6-8,10H,1,9,11H2,2-5H3. The lowest BCUT2D eigenvalue weighted by molar-refractivity contribution is 0.174. The summed E-state index contributed by atoms with van der Waals surface area (Å²) < 4.78 is 10.5. The number of urea groups is 1. The first-order chi connectivity index (χ1) is 9.53. The summed E-state index contributed by atoms with van der Waals surface area (Å²) >= 11 is 0. The fraction of sp³-hybridized carbons (Fsp3) is 0.400. The van der Waals surface area contributed by atoms with Crippen molar-refractivity contribution in [3.63, 3.8) is 0 Å². The number of rotatable bonds is 6. The quantitative estimate of drug-likeness (QED) is 0.750. The number of carbonyl (C=O) groups is 1. The van der Waals surface area contributed by atoms with Crippen molar-refractivity contribution in [1.29, 1.82) is 0 Å². The molecule has 0 N–H and O–H groups in total. The minimum atomic E-state index is -0.0558. The van der Waals surface area contributed by atoms with Gasteiger partial charge in [-0.05, 0) is 17.7 Å². The van der Waals surface area contributed by atoms with E-state index in [-0.39, 0.29) is 6.03 Å². The maximum absolute atomic E-state index is 12.1. The van der Waals surface area contributed by atoms with Crippen LogP contribution in [-0.2, 0) is 6.54 Å². The van der Waals surface area contributed by atoms with Crippen LogP contribution in [0.2, 0.25) is 0 Å². The van der Waals surface area contributed by atoms with Crippen LogP contribution >= 0.6 is 0 Å². The maximum atomic E-state index is 12.1. The van der Waals surface area contributed by atoms with Crippen LogP contribution in [-0.4, -0.2) is 50.7 Å². The number of hydrogen-bond donors (Lipinski definition) is 0.